The zero-order valence-corrected chi connectivity index (χ0v) is 13.9. The first-order valence-electron chi connectivity index (χ1n) is 6.10. The maximum atomic E-state index is 12.0. The molecule has 0 saturated heterocycles. The zero-order valence-electron chi connectivity index (χ0n) is 11.5. The van der Waals surface area contributed by atoms with E-state index < -0.39 is 10.0 Å². The van der Waals surface area contributed by atoms with E-state index in [4.69, 9.17) is 4.74 Å². The second-order valence-corrected chi connectivity index (χ2v) is 6.78. The summed E-state index contributed by atoms with van der Waals surface area (Å²) in [5.74, 6) is 0.163. The number of halogens is 1. The molecule has 0 fully saturated rings. The number of rotatable bonds is 5. The van der Waals surface area contributed by atoms with Gasteiger partial charge in [0.15, 0.2) is 11.5 Å². The maximum absolute atomic E-state index is 12.0. The van der Waals surface area contributed by atoms with Crippen molar-refractivity contribution >= 4 is 32.2 Å². The molecule has 0 radical (unpaired) electrons. The highest BCUT2D eigenvalue weighted by atomic mass is 79.9. The molecule has 22 heavy (non-hydrogen) atoms. The van der Waals surface area contributed by atoms with Crippen molar-refractivity contribution in [2.75, 3.05) is 7.11 Å². The highest BCUT2D eigenvalue weighted by Crippen LogP contribution is 2.27. The van der Waals surface area contributed by atoms with Gasteiger partial charge in [-0.2, -0.15) is 13.5 Å². The van der Waals surface area contributed by atoms with Crippen LogP contribution in [0.3, 0.4) is 0 Å². The van der Waals surface area contributed by atoms with Crippen LogP contribution >= 0.6 is 15.9 Å². The van der Waals surface area contributed by atoms with Gasteiger partial charge in [0.25, 0.3) is 10.0 Å². The molecule has 0 spiro atoms. The Kier molecular flexibility index (Phi) is 5.04. The SMILES string of the molecule is COc1cccc(C=NNS(=O)(=O)c2ccc(Br)cc2)c1O. The topological polar surface area (TPSA) is 88.0 Å². The third-order valence-corrected chi connectivity index (χ3v) is 4.52. The predicted octanol–water partition coefficient (Wildman–Crippen LogP) is 2.48. The fourth-order valence-corrected chi connectivity index (χ4v) is 2.70. The summed E-state index contributed by atoms with van der Waals surface area (Å²) >= 11 is 3.23. The normalized spacial score (nSPS) is 11.5. The van der Waals surface area contributed by atoms with Gasteiger partial charge in [-0.1, -0.05) is 22.0 Å². The standard InChI is InChI=1S/C14H13BrN2O4S/c1-21-13-4-2-3-10(14(13)18)9-16-17-22(19,20)12-7-5-11(15)6-8-12/h2-9,17-18H,1H3. The Hall–Kier alpha value is -2.06. The Morgan fingerprint density at radius 3 is 2.55 bits per heavy atom. The number of ether oxygens (including phenoxy) is 1. The average Bonchev–Trinajstić information content (AvgIpc) is 2.49. The molecule has 116 valence electrons. The van der Waals surface area contributed by atoms with Crippen LogP contribution in [0.15, 0.2) is 56.9 Å². The van der Waals surface area contributed by atoms with Crippen LogP contribution in [0, 0.1) is 0 Å². The minimum atomic E-state index is -3.76. The second kappa shape index (κ2) is 6.80. The lowest BCUT2D eigenvalue weighted by Gasteiger charge is -2.05. The molecule has 0 aliphatic carbocycles. The predicted molar refractivity (Wildman–Crippen MR) is 86.7 cm³/mol. The van der Waals surface area contributed by atoms with Gasteiger partial charge in [0, 0.05) is 10.0 Å². The van der Waals surface area contributed by atoms with Crippen molar-refractivity contribution in [2.45, 2.75) is 4.90 Å². The first kappa shape index (κ1) is 16.3. The van der Waals surface area contributed by atoms with Crippen molar-refractivity contribution in [2.24, 2.45) is 5.10 Å². The van der Waals surface area contributed by atoms with Crippen LogP contribution in [0.4, 0.5) is 0 Å². The Bertz CT molecular complexity index is 789. The minimum absolute atomic E-state index is 0.0858. The molecule has 0 aliphatic rings. The highest BCUT2D eigenvalue weighted by Gasteiger charge is 2.12. The molecule has 8 heteroatoms. The van der Waals surface area contributed by atoms with E-state index in [2.05, 4.69) is 25.9 Å². The Labute approximate surface area is 136 Å². The van der Waals surface area contributed by atoms with Gasteiger partial charge in [0.05, 0.1) is 18.2 Å². The number of sulfonamides is 1. The van der Waals surface area contributed by atoms with Crippen LogP contribution in [0.2, 0.25) is 0 Å². The number of benzene rings is 2. The lowest BCUT2D eigenvalue weighted by molar-refractivity contribution is 0.373. The van der Waals surface area contributed by atoms with Crippen LogP contribution < -0.4 is 9.57 Å². The number of aromatic hydroxyl groups is 1. The molecule has 0 amide bonds. The third-order valence-electron chi connectivity index (χ3n) is 2.75. The Morgan fingerprint density at radius 1 is 1.23 bits per heavy atom. The lowest BCUT2D eigenvalue weighted by atomic mass is 10.2. The van der Waals surface area contributed by atoms with Gasteiger partial charge in [-0.25, -0.2) is 4.83 Å². The number of methoxy groups -OCH3 is 1. The molecule has 2 aromatic rings. The van der Waals surface area contributed by atoms with Gasteiger partial charge in [0.2, 0.25) is 0 Å². The second-order valence-electron chi connectivity index (χ2n) is 4.20. The largest absolute Gasteiger partial charge is 0.504 e. The summed E-state index contributed by atoms with van der Waals surface area (Å²) < 4.78 is 29.8. The van der Waals surface area contributed by atoms with E-state index in [-0.39, 0.29) is 16.4 Å². The number of hydrogen-bond acceptors (Lipinski definition) is 5. The summed E-state index contributed by atoms with van der Waals surface area (Å²) in [6, 6.07) is 10.9. The van der Waals surface area contributed by atoms with Crippen LogP contribution in [0.5, 0.6) is 11.5 Å². The zero-order chi connectivity index (χ0) is 16.2. The summed E-state index contributed by atoms with van der Waals surface area (Å²) in [4.78, 5) is 2.17. The van der Waals surface area contributed by atoms with E-state index in [1.165, 1.54) is 25.5 Å². The van der Waals surface area contributed by atoms with E-state index in [0.717, 1.165) is 4.47 Å². The van der Waals surface area contributed by atoms with Crippen LogP contribution in [-0.4, -0.2) is 26.8 Å². The Morgan fingerprint density at radius 2 is 1.91 bits per heavy atom. The molecular formula is C14H13BrN2O4S. The van der Waals surface area contributed by atoms with Crippen molar-refractivity contribution in [3.8, 4) is 11.5 Å². The first-order chi connectivity index (χ1) is 10.4. The number of hydrogen-bond donors (Lipinski definition) is 2. The quantitative estimate of drug-likeness (QED) is 0.612. The highest BCUT2D eigenvalue weighted by molar-refractivity contribution is 9.10. The molecule has 0 aliphatic heterocycles. The van der Waals surface area contributed by atoms with E-state index >= 15 is 0 Å². The molecule has 0 heterocycles. The molecule has 2 rings (SSSR count). The molecule has 2 aromatic carbocycles. The number of phenols is 1. The third kappa shape index (κ3) is 3.77. The molecular weight excluding hydrogens is 372 g/mol. The van der Waals surface area contributed by atoms with E-state index in [1.54, 1.807) is 30.3 Å². The molecule has 0 atom stereocenters. The number of hydrazone groups is 1. The van der Waals surface area contributed by atoms with Crippen LogP contribution in [0.1, 0.15) is 5.56 Å². The van der Waals surface area contributed by atoms with Crippen LogP contribution in [0.25, 0.3) is 0 Å². The van der Waals surface area contributed by atoms with Gasteiger partial charge >= 0.3 is 0 Å². The summed E-state index contributed by atoms with van der Waals surface area (Å²) in [6.07, 6.45) is 1.20. The summed E-state index contributed by atoms with van der Waals surface area (Å²) in [5, 5.41) is 13.5. The number of nitrogens with one attached hydrogen (secondary N) is 1. The first-order valence-corrected chi connectivity index (χ1v) is 8.38. The van der Waals surface area contributed by atoms with Crippen LogP contribution in [-0.2, 0) is 10.0 Å². The molecule has 0 aromatic heterocycles. The van der Waals surface area contributed by atoms with E-state index in [9.17, 15) is 13.5 Å². The Balaban J connectivity index is 2.17. The van der Waals surface area contributed by atoms with Gasteiger partial charge in [-0.15, -0.1) is 0 Å². The lowest BCUT2D eigenvalue weighted by Crippen LogP contribution is -2.18. The number of phenolic OH excluding ortho intramolecular Hbond substituents is 1. The monoisotopic (exact) mass is 384 g/mol. The van der Waals surface area contributed by atoms with Gasteiger partial charge in [0.1, 0.15) is 0 Å². The van der Waals surface area contributed by atoms with Gasteiger partial charge in [-0.05, 0) is 36.4 Å². The number of nitrogens with zero attached hydrogens (tertiary/aromatic N) is 1. The molecule has 0 saturated carbocycles. The average molecular weight is 385 g/mol. The van der Waals surface area contributed by atoms with E-state index in [0.29, 0.717) is 5.56 Å². The molecule has 0 unspecified atom stereocenters. The smallest absolute Gasteiger partial charge is 0.276 e. The van der Waals surface area contributed by atoms with Crippen molar-refractivity contribution < 1.29 is 18.3 Å². The fraction of sp³-hybridized carbons (Fsp3) is 0.0714. The van der Waals surface area contributed by atoms with Crippen molar-refractivity contribution in [1.82, 2.24) is 4.83 Å². The minimum Gasteiger partial charge on any atom is -0.504 e. The van der Waals surface area contributed by atoms with Crippen molar-refractivity contribution in [1.29, 1.82) is 0 Å². The summed E-state index contributed by atoms with van der Waals surface area (Å²) in [6.45, 7) is 0. The molecule has 6 nitrogen and oxygen atoms in total. The van der Waals surface area contributed by atoms with Gasteiger partial charge < -0.3 is 9.84 Å². The summed E-state index contributed by atoms with van der Waals surface area (Å²) in [5.41, 5.74) is 0.331. The van der Waals surface area contributed by atoms with Gasteiger partial charge in [-0.3, -0.25) is 0 Å². The van der Waals surface area contributed by atoms with Crippen molar-refractivity contribution in [3.05, 3.63) is 52.5 Å². The maximum Gasteiger partial charge on any atom is 0.276 e. The molecule has 2 N–H and O–H groups in total. The van der Waals surface area contributed by atoms with Crippen molar-refractivity contribution in [3.63, 3.8) is 0 Å². The van der Waals surface area contributed by atoms with E-state index in [1.807, 2.05) is 0 Å². The molecule has 0 bridgehead atoms. The number of para-hydroxylation sites is 1. The summed E-state index contributed by atoms with van der Waals surface area (Å²) in [7, 11) is -2.33. The fourth-order valence-electron chi connectivity index (χ4n) is 1.64.